The molecule has 6 N–H and O–H groups in total. The Kier molecular flexibility index (Phi) is 10.1. The number of phenols is 4. The van der Waals surface area contributed by atoms with Crippen molar-refractivity contribution in [3.05, 3.63) is 131 Å². The minimum atomic E-state index is -0.729. The summed E-state index contributed by atoms with van der Waals surface area (Å²) in [6.45, 7) is 13.8. The molecule has 0 aliphatic carbocycles. The Morgan fingerprint density at radius 3 is 1.00 bits per heavy atom. The number of hydrazine groups is 4. The average Bonchev–Trinajstić information content (AvgIpc) is 3.09. The first-order chi connectivity index (χ1) is 24.9. The maximum Gasteiger partial charge on any atom is 0.278 e. The van der Waals surface area contributed by atoms with E-state index in [1.54, 1.807) is 114 Å². The Bertz CT molecular complexity index is 2150. The molecule has 0 saturated heterocycles. The molecule has 0 fully saturated rings. The summed E-state index contributed by atoms with van der Waals surface area (Å²) in [5.74, 6) is 0.291. The highest BCUT2D eigenvalue weighted by Gasteiger charge is 2.30. The average molecular weight is 724 g/mol. The van der Waals surface area contributed by atoms with Crippen LogP contribution in [0.25, 0.3) is 0 Å². The van der Waals surface area contributed by atoms with Crippen molar-refractivity contribution < 1.29 is 30.3 Å². The van der Waals surface area contributed by atoms with Crippen molar-refractivity contribution in [1.82, 2.24) is 0 Å². The van der Waals surface area contributed by atoms with E-state index < -0.39 is 21.2 Å². The van der Waals surface area contributed by atoms with Gasteiger partial charge in [-0.1, -0.05) is 0 Å². The van der Waals surface area contributed by atoms with Crippen molar-refractivity contribution in [2.24, 2.45) is 0 Å². The highest BCUT2D eigenvalue weighted by Crippen LogP contribution is 2.39. The SMILES string of the molecule is Cc1cc(NN(c2cc(C)c(O)c(C)c2)N(c2cc(C)c(O)c(C)c2)N(Nc2cc([N+](=O)[O-])cc([N+](=O)[O-])c2)c2cc(C)c(O)c(C)c2)cc(C)c1O. The van der Waals surface area contributed by atoms with Crippen LogP contribution in [-0.4, -0.2) is 30.3 Å². The summed E-state index contributed by atoms with van der Waals surface area (Å²) >= 11 is 0. The lowest BCUT2D eigenvalue weighted by Gasteiger charge is -2.45. The molecule has 0 aliphatic rings. The summed E-state index contributed by atoms with van der Waals surface area (Å²) in [7, 11) is 0. The summed E-state index contributed by atoms with van der Waals surface area (Å²) in [5, 5.41) is 71.7. The number of nitro groups is 2. The van der Waals surface area contributed by atoms with Gasteiger partial charge in [-0.3, -0.25) is 31.1 Å². The fourth-order valence-corrected chi connectivity index (χ4v) is 6.06. The molecule has 5 aromatic rings. The van der Waals surface area contributed by atoms with Crippen LogP contribution in [0.15, 0.2) is 66.7 Å². The molecule has 0 unspecified atom stereocenters. The number of non-ortho nitro benzene ring substituents is 2. The lowest BCUT2D eigenvalue weighted by molar-refractivity contribution is -0.394. The van der Waals surface area contributed by atoms with E-state index in [1.807, 2.05) is 0 Å². The van der Waals surface area contributed by atoms with Crippen LogP contribution in [-0.2, 0) is 0 Å². The van der Waals surface area contributed by atoms with Crippen LogP contribution in [0.3, 0.4) is 0 Å². The highest BCUT2D eigenvalue weighted by molar-refractivity contribution is 5.75. The van der Waals surface area contributed by atoms with Crippen molar-refractivity contribution >= 4 is 39.8 Å². The highest BCUT2D eigenvalue weighted by atomic mass is 16.6. The molecule has 15 nitrogen and oxygen atoms in total. The second-order valence-electron chi connectivity index (χ2n) is 13.1. The number of hydrogen-bond donors (Lipinski definition) is 6. The molecule has 53 heavy (non-hydrogen) atoms. The normalized spacial score (nSPS) is 10.9. The molecule has 0 aromatic heterocycles. The zero-order valence-electron chi connectivity index (χ0n) is 30.5. The molecule has 5 rings (SSSR count). The Morgan fingerprint density at radius 1 is 0.434 bits per heavy atom. The Balaban J connectivity index is 1.90. The minimum absolute atomic E-state index is 0.0270. The second kappa shape index (κ2) is 14.4. The van der Waals surface area contributed by atoms with Gasteiger partial charge in [-0.05, 0) is 148 Å². The van der Waals surface area contributed by atoms with Crippen LogP contribution < -0.4 is 26.2 Å². The van der Waals surface area contributed by atoms with Crippen LogP contribution in [0.4, 0.5) is 39.8 Å². The Hall–Kier alpha value is -6.90. The Labute approximate surface area is 305 Å². The number of aromatic hydroxyl groups is 4. The zero-order chi connectivity index (χ0) is 39.0. The number of hydrogen-bond acceptors (Lipinski definition) is 13. The molecule has 0 bridgehead atoms. The van der Waals surface area contributed by atoms with E-state index in [0.717, 1.165) is 18.2 Å². The monoisotopic (exact) mass is 723 g/mol. The van der Waals surface area contributed by atoms with Gasteiger partial charge in [-0.2, -0.15) is 15.4 Å². The van der Waals surface area contributed by atoms with Gasteiger partial charge in [0.15, 0.2) is 0 Å². The maximum atomic E-state index is 12.0. The van der Waals surface area contributed by atoms with Crippen molar-refractivity contribution in [2.75, 3.05) is 26.2 Å². The van der Waals surface area contributed by atoms with Crippen LogP contribution in [0.2, 0.25) is 0 Å². The summed E-state index contributed by atoms with van der Waals surface area (Å²) in [6, 6.07) is 16.8. The van der Waals surface area contributed by atoms with E-state index >= 15 is 0 Å². The molecule has 0 spiro atoms. The van der Waals surface area contributed by atoms with Gasteiger partial charge < -0.3 is 20.4 Å². The first-order valence-electron chi connectivity index (χ1n) is 16.4. The van der Waals surface area contributed by atoms with Gasteiger partial charge in [0, 0.05) is 12.1 Å². The molecule has 0 amide bonds. The minimum Gasteiger partial charge on any atom is -0.507 e. The van der Waals surface area contributed by atoms with E-state index in [2.05, 4.69) is 10.9 Å². The lowest BCUT2D eigenvalue weighted by Crippen LogP contribution is -2.59. The number of aryl methyl sites for hydroxylation is 8. The second-order valence-corrected chi connectivity index (χ2v) is 13.1. The molecular formula is C38H41N7O8. The number of nitrogens with zero attached hydrogens (tertiary/aromatic N) is 5. The van der Waals surface area contributed by atoms with Crippen molar-refractivity contribution in [2.45, 2.75) is 55.4 Å². The molecule has 5 aromatic carbocycles. The number of anilines is 5. The fraction of sp³-hybridized carbons (Fsp3) is 0.211. The third kappa shape index (κ3) is 7.58. The first kappa shape index (κ1) is 37.4. The third-order valence-corrected chi connectivity index (χ3v) is 8.81. The molecule has 0 atom stereocenters. The molecule has 0 aliphatic heterocycles. The number of nitro benzene ring substituents is 2. The van der Waals surface area contributed by atoms with Crippen molar-refractivity contribution in [3.63, 3.8) is 0 Å². The van der Waals surface area contributed by atoms with Crippen LogP contribution in [0.1, 0.15) is 44.5 Å². The van der Waals surface area contributed by atoms with E-state index in [0.29, 0.717) is 67.3 Å². The van der Waals surface area contributed by atoms with Gasteiger partial charge in [0.1, 0.15) is 23.0 Å². The lowest BCUT2D eigenvalue weighted by atomic mass is 10.1. The maximum absolute atomic E-state index is 12.0. The summed E-state index contributed by atoms with van der Waals surface area (Å²) < 4.78 is 0. The molecule has 0 saturated carbocycles. The van der Waals surface area contributed by atoms with Gasteiger partial charge >= 0.3 is 0 Å². The largest absolute Gasteiger partial charge is 0.507 e. The number of nitrogens with one attached hydrogen (secondary N) is 2. The standard InChI is InChI=1S/C38H41N7O8/c1-20-9-28(10-21(2)35(20)46)39-41(30-11-22(3)36(47)23(4)12-30)43(32-15-26(7)38(49)27(8)16-32)42(31-13-24(5)37(48)25(6)14-31)40-29-17-33(44(50)51)19-34(18-29)45(52)53/h9-19,39-40,46-49H,1-8H3. The molecular weight excluding hydrogens is 682 g/mol. The number of rotatable bonds is 11. The third-order valence-electron chi connectivity index (χ3n) is 8.81. The van der Waals surface area contributed by atoms with E-state index in [-0.39, 0.29) is 28.7 Å². The van der Waals surface area contributed by atoms with Crippen LogP contribution >= 0.6 is 0 Å². The van der Waals surface area contributed by atoms with Crippen molar-refractivity contribution in [1.29, 1.82) is 0 Å². The van der Waals surface area contributed by atoms with E-state index in [4.69, 9.17) is 0 Å². The zero-order valence-corrected chi connectivity index (χ0v) is 30.5. The predicted octanol–water partition coefficient (Wildman–Crippen LogP) is 8.50. The van der Waals surface area contributed by atoms with Crippen LogP contribution in [0, 0.1) is 75.6 Å². The summed E-state index contributed by atoms with van der Waals surface area (Å²) in [6.07, 6.45) is 0. The van der Waals surface area contributed by atoms with E-state index in [9.17, 15) is 40.7 Å². The van der Waals surface area contributed by atoms with Crippen molar-refractivity contribution in [3.8, 4) is 23.0 Å². The quantitative estimate of drug-likeness (QED) is 0.0431. The summed E-state index contributed by atoms with van der Waals surface area (Å²) in [4.78, 5) is 22.5. The van der Waals surface area contributed by atoms with Gasteiger partial charge in [0.05, 0.1) is 44.3 Å². The smallest absolute Gasteiger partial charge is 0.278 e. The first-order valence-corrected chi connectivity index (χ1v) is 16.4. The number of phenolic OH excluding ortho intramolecular Hbond substituents is 4. The topological polar surface area (TPSA) is 201 Å². The van der Waals surface area contributed by atoms with Gasteiger partial charge in [0.2, 0.25) is 0 Å². The van der Waals surface area contributed by atoms with Gasteiger partial charge in [0.25, 0.3) is 11.4 Å². The molecule has 0 heterocycles. The van der Waals surface area contributed by atoms with E-state index in [1.165, 1.54) is 5.12 Å². The van der Waals surface area contributed by atoms with Gasteiger partial charge in [-0.25, -0.2) is 0 Å². The van der Waals surface area contributed by atoms with Gasteiger partial charge in [-0.15, -0.1) is 0 Å². The fourth-order valence-electron chi connectivity index (χ4n) is 6.06. The molecule has 0 radical (unpaired) electrons. The molecule has 15 heteroatoms. The molecule has 276 valence electrons. The van der Waals surface area contributed by atoms with Crippen LogP contribution in [0.5, 0.6) is 23.0 Å². The Morgan fingerprint density at radius 2 is 0.698 bits per heavy atom. The summed E-state index contributed by atoms with van der Waals surface area (Å²) in [5.41, 5.74) is 11.5. The number of benzene rings is 5. The predicted molar refractivity (Wildman–Crippen MR) is 205 cm³/mol.